The first-order chi connectivity index (χ1) is 12.8. The zero-order valence-corrected chi connectivity index (χ0v) is 16.8. The number of carbonyl (C=O) groups excluding carboxylic acids is 2. The molecule has 0 aliphatic heterocycles. The van der Waals surface area contributed by atoms with Crippen molar-refractivity contribution >= 4 is 29.1 Å². The Morgan fingerprint density at radius 1 is 1.11 bits per heavy atom. The Morgan fingerprint density at radius 2 is 1.78 bits per heavy atom. The molecule has 0 bridgehead atoms. The van der Waals surface area contributed by atoms with Crippen molar-refractivity contribution in [3.8, 4) is 5.75 Å². The molecule has 27 heavy (non-hydrogen) atoms. The standard InChI is InChI=1S/C21H25ClN2O3/c1-13(2)23-21(26)16-8-9-17(22)18(12-16)24-19(25)10-11-27-20-14(3)6-5-7-15(20)4/h5-9,12-13H,10-11H2,1-4H3,(H,23,26)(H,24,25). The van der Waals surface area contributed by atoms with Gasteiger partial charge < -0.3 is 15.4 Å². The van der Waals surface area contributed by atoms with Crippen molar-refractivity contribution in [3.63, 3.8) is 0 Å². The Bertz CT molecular complexity index is 814. The van der Waals surface area contributed by atoms with E-state index in [0.29, 0.717) is 16.3 Å². The first-order valence-electron chi connectivity index (χ1n) is 8.87. The van der Waals surface area contributed by atoms with Gasteiger partial charge in [-0.2, -0.15) is 0 Å². The zero-order chi connectivity index (χ0) is 20.0. The molecule has 0 fully saturated rings. The minimum Gasteiger partial charge on any atom is -0.493 e. The number of hydrogen-bond acceptors (Lipinski definition) is 3. The minimum absolute atomic E-state index is 0.0215. The fourth-order valence-electron chi connectivity index (χ4n) is 2.59. The molecule has 0 aromatic heterocycles. The summed E-state index contributed by atoms with van der Waals surface area (Å²) in [7, 11) is 0. The number of rotatable bonds is 7. The van der Waals surface area contributed by atoms with E-state index in [9.17, 15) is 9.59 Å². The number of para-hydroxylation sites is 1. The van der Waals surface area contributed by atoms with E-state index < -0.39 is 0 Å². The molecular formula is C21H25ClN2O3. The Labute approximate surface area is 165 Å². The molecule has 0 heterocycles. The normalized spacial score (nSPS) is 10.6. The van der Waals surface area contributed by atoms with E-state index in [2.05, 4.69) is 10.6 Å². The van der Waals surface area contributed by atoms with Crippen LogP contribution in [0.25, 0.3) is 0 Å². The average Bonchev–Trinajstić information content (AvgIpc) is 2.58. The molecule has 2 amide bonds. The Balaban J connectivity index is 1.96. The lowest BCUT2D eigenvalue weighted by Crippen LogP contribution is -2.30. The molecule has 2 N–H and O–H groups in total. The Kier molecular flexibility index (Phi) is 7.25. The van der Waals surface area contributed by atoms with E-state index in [4.69, 9.17) is 16.3 Å². The van der Waals surface area contributed by atoms with E-state index in [1.807, 2.05) is 45.9 Å². The van der Waals surface area contributed by atoms with Gasteiger partial charge in [0, 0.05) is 11.6 Å². The molecule has 0 saturated heterocycles. The highest BCUT2D eigenvalue weighted by Gasteiger charge is 2.12. The van der Waals surface area contributed by atoms with Crippen molar-refractivity contribution in [1.29, 1.82) is 0 Å². The van der Waals surface area contributed by atoms with Gasteiger partial charge >= 0.3 is 0 Å². The van der Waals surface area contributed by atoms with Crippen LogP contribution in [0.5, 0.6) is 5.75 Å². The van der Waals surface area contributed by atoms with Crippen LogP contribution in [0.3, 0.4) is 0 Å². The van der Waals surface area contributed by atoms with Crippen LogP contribution >= 0.6 is 11.6 Å². The molecule has 0 radical (unpaired) electrons. The number of ether oxygens (including phenoxy) is 1. The fraction of sp³-hybridized carbons (Fsp3) is 0.333. The first-order valence-corrected chi connectivity index (χ1v) is 9.25. The summed E-state index contributed by atoms with van der Waals surface area (Å²) in [6, 6.07) is 10.7. The van der Waals surface area contributed by atoms with Gasteiger partial charge in [0.05, 0.1) is 23.7 Å². The summed E-state index contributed by atoms with van der Waals surface area (Å²) in [5.41, 5.74) is 2.91. The highest BCUT2D eigenvalue weighted by molar-refractivity contribution is 6.33. The monoisotopic (exact) mass is 388 g/mol. The summed E-state index contributed by atoms with van der Waals surface area (Å²) in [5, 5.41) is 5.93. The molecule has 144 valence electrons. The smallest absolute Gasteiger partial charge is 0.251 e. The number of anilines is 1. The third-order valence-corrected chi connectivity index (χ3v) is 4.24. The van der Waals surface area contributed by atoms with Crippen LogP contribution in [0.2, 0.25) is 5.02 Å². The molecule has 0 saturated carbocycles. The predicted octanol–water partition coefficient (Wildman–Crippen LogP) is 4.50. The van der Waals surface area contributed by atoms with Crippen LogP contribution in [0.4, 0.5) is 5.69 Å². The molecular weight excluding hydrogens is 364 g/mol. The lowest BCUT2D eigenvalue weighted by molar-refractivity contribution is -0.116. The lowest BCUT2D eigenvalue weighted by Gasteiger charge is -2.13. The van der Waals surface area contributed by atoms with Gasteiger partial charge in [0.15, 0.2) is 0 Å². The van der Waals surface area contributed by atoms with Crippen molar-refractivity contribution in [2.45, 2.75) is 40.2 Å². The van der Waals surface area contributed by atoms with Crippen molar-refractivity contribution in [1.82, 2.24) is 5.32 Å². The number of halogens is 1. The second kappa shape index (κ2) is 9.42. The van der Waals surface area contributed by atoms with Crippen LogP contribution in [-0.2, 0) is 4.79 Å². The van der Waals surface area contributed by atoms with Crippen LogP contribution in [0, 0.1) is 13.8 Å². The number of benzene rings is 2. The predicted molar refractivity (Wildman–Crippen MR) is 109 cm³/mol. The summed E-state index contributed by atoms with van der Waals surface area (Å²) in [4.78, 5) is 24.3. The molecule has 0 unspecified atom stereocenters. The highest BCUT2D eigenvalue weighted by Crippen LogP contribution is 2.24. The molecule has 0 spiro atoms. The highest BCUT2D eigenvalue weighted by atomic mass is 35.5. The summed E-state index contributed by atoms with van der Waals surface area (Å²) in [5.74, 6) is 0.357. The number of carbonyl (C=O) groups is 2. The van der Waals surface area contributed by atoms with E-state index >= 15 is 0 Å². The molecule has 5 nitrogen and oxygen atoms in total. The minimum atomic E-state index is -0.232. The summed E-state index contributed by atoms with van der Waals surface area (Å²) < 4.78 is 5.75. The quantitative estimate of drug-likeness (QED) is 0.733. The van der Waals surface area contributed by atoms with E-state index in [1.165, 1.54) is 0 Å². The topological polar surface area (TPSA) is 67.4 Å². The molecule has 0 atom stereocenters. The van der Waals surface area contributed by atoms with Gasteiger partial charge in [-0.05, 0) is 57.0 Å². The second-order valence-corrected chi connectivity index (χ2v) is 7.10. The number of amides is 2. The van der Waals surface area contributed by atoms with E-state index in [1.54, 1.807) is 18.2 Å². The van der Waals surface area contributed by atoms with Gasteiger partial charge in [0.25, 0.3) is 5.91 Å². The van der Waals surface area contributed by atoms with Crippen molar-refractivity contribution < 1.29 is 14.3 Å². The van der Waals surface area contributed by atoms with Crippen LogP contribution in [-0.4, -0.2) is 24.5 Å². The fourth-order valence-corrected chi connectivity index (χ4v) is 2.76. The van der Waals surface area contributed by atoms with E-state index in [0.717, 1.165) is 16.9 Å². The van der Waals surface area contributed by atoms with E-state index in [-0.39, 0.29) is 30.9 Å². The van der Waals surface area contributed by atoms with Crippen molar-refractivity contribution in [3.05, 3.63) is 58.1 Å². The summed E-state index contributed by atoms with van der Waals surface area (Å²) >= 11 is 6.14. The first kappa shape index (κ1) is 20.8. The van der Waals surface area contributed by atoms with Gasteiger partial charge in [-0.3, -0.25) is 9.59 Å². The van der Waals surface area contributed by atoms with Gasteiger partial charge in [-0.25, -0.2) is 0 Å². The number of hydrogen-bond donors (Lipinski definition) is 2. The maximum Gasteiger partial charge on any atom is 0.251 e. The Morgan fingerprint density at radius 3 is 2.41 bits per heavy atom. The van der Waals surface area contributed by atoms with Gasteiger partial charge in [-0.15, -0.1) is 0 Å². The molecule has 0 aliphatic carbocycles. The third kappa shape index (κ3) is 6.00. The maximum absolute atomic E-state index is 12.2. The molecule has 2 rings (SSSR count). The average molecular weight is 389 g/mol. The molecule has 2 aromatic rings. The van der Waals surface area contributed by atoms with Crippen LogP contribution < -0.4 is 15.4 Å². The number of nitrogens with one attached hydrogen (secondary N) is 2. The summed E-state index contributed by atoms with van der Waals surface area (Å²) in [6.45, 7) is 7.95. The zero-order valence-electron chi connectivity index (χ0n) is 16.1. The van der Waals surface area contributed by atoms with Gasteiger partial charge in [0.1, 0.15) is 5.75 Å². The van der Waals surface area contributed by atoms with Gasteiger partial charge in [0.2, 0.25) is 5.91 Å². The lowest BCUT2D eigenvalue weighted by atomic mass is 10.1. The second-order valence-electron chi connectivity index (χ2n) is 6.69. The SMILES string of the molecule is Cc1cccc(C)c1OCCC(=O)Nc1cc(C(=O)NC(C)C)ccc1Cl. The Hall–Kier alpha value is -2.53. The molecule has 6 heteroatoms. The third-order valence-electron chi connectivity index (χ3n) is 3.91. The molecule has 2 aromatic carbocycles. The van der Waals surface area contributed by atoms with Gasteiger partial charge in [-0.1, -0.05) is 29.8 Å². The summed E-state index contributed by atoms with van der Waals surface area (Å²) in [6.07, 6.45) is 0.173. The largest absolute Gasteiger partial charge is 0.493 e. The van der Waals surface area contributed by atoms with Crippen LogP contribution in [0.15, 0.2) is 36.4 Å². The van der Waals surface area contributed by atoms with Crippen molar-refractivity contribution in [2.75, 3.05) is 11.9 Å². The molecule has 0 aliphatic rings. The van der Waals surface area contributed by atoms with Crippen molar-refractivity contribution in [2.24, 2.45) is 0 Å². The number of aryl methyl sites for hydroxylation is 2. The maximum atomic E-state index is 12.2. The van der Waals surface area contributed by atoms with Crippen LogP contribution in [0.1, 0.15) is 41.8 Å².